The van der Waals surface area contributed by atoms with E-state index >= 15 is 0 Å². The molecular formula is C12H19Cl3N2OS. The zero-order chi connectivity index (χ0) is 13.5. The first-order valence-corrected chi connectivity index (χ1v) is 7.44. The third kappa shape index (κ3) is 6.82. The summed E-state index contributed by atoms with van der Waals surface area (Å²) in [6, 6.07) is 1.88. The van der Waals surface area contributed by atoms with Crippen LogP contribution in [0.2, 0.25) is 8.67 Å². The second-order valence-corrected chi connectivity index (χ2v) is 6.41. The monoisotopic (exact) mass is 344 g/mol. The van der Waals surface area contributed by atoms with Gasteiger partial charge in [0.1, 0.15) is 0 Å². The Balaban J connectivity index is 0.00000324. The summed E-state index contributed by atoms with van der Waals surface area (Å²) in [6.07, 6.45) is 2.15. The van der Waals surface area contributed by atoms with Gasteiger partial charge in [-0.15, -0.1) is 23.7 Å². The number of rotatable bonds is 7. The Morgan fingerprint density at radius 2 is 2.16 bits per heavy atom. The van der Waals surface area contributed by atoms with Gasteiger partial charge in [-0.25, -0.2) is 0 Å². The fraction of sp³-hybridized carbons (Fsp3) is 0.583. The van der Waals surface area contributed by atoms with E-state index in [9.17, 15) is 4.79 Å². The van der Waals surface area contributed by atoms with Crippen molar-refractivity contribution in [3.8, 4) is 0 Å². The van der Waals surface area contributed by atoms with Crippen LogP contribution in [0.3, 0.4) is 0 Å². The molecule has 0 radical (unpaired) electrons. The number of likely N-dealkylation sites (N-methyl/N-ethyl adjacent to an activating group) is 2. The standard InChI is InChI=1S/C12H18Cl2N2OS.ClH/c1-15-6-7-16(2)11(17)5-3-4-9-8-10(13)18-12(9)14;/h8,15H,3-7H2,1-2H3;1H. The van der Waals surface area contributed by atoms with Gasteiger partial charge in [0.2, 0.25) is 5.91 Å². The molecule has 110 valence electrons. The summed E-state index contributed by atoms with van der Waals surface area (Å²) in [6.45, 7) is 1.55. The van der Waals surface area contributed by atoms with Gasteiger partial charge in [-0.3, -0.25) is 4.79 Å². The van der Waals surface area contributed by atoms with Crippen molar-refractivity contribution < 1.29 is 4.79 Å². The van der Waals surface area contributed by atoms with Crippen LogP contribution in [0.5, 0.6) is 0 Å². The Labute approximate surface area is 134 Å². The molecular weight excluding hydrogens is 327 g/mol. The first-order chi connectivity index (χ1) is 8.54. The van der Waals surface area contributed by atoms with E-state index in [0.29, 0.717) is 10.8 Å². The lowest BCUT2D eigenvalue weighted by atomic mass is 10.1. The largest absolute Gasteiger partial charge is 0.344 e. The quantitative estimate of drug-likeness (QED) is 0.820. The molecule has 0 bridgehead atoms. The van der Waals surface area contributed by atoms with Crippen LogP contribution in [0.25, 0.3) is 0 Å². The van der Waals surface area contributed by atoms with Gasteiger partial charge in [0.25, 0.3) is 0 Å². The molecule has 0 aromatic carbocycles. The lowest BCUT2D eigenvalue weighted by Crippen LogP contribution is -2.32. The average Bonchev–Trinajstić information content (AvgIpc) is 2.64. The van der Waals surface area contributed by atoms with Gasteiger partial charge >= 0.3 is 0 Å². The summed E-state index contributed by atoms with van der Waals surface area (Å²) in [5.74, 6) is 0.169. The Kier molecular flexibility index (Phi) is 9.83. The SMILES string of the molecule is CNCCN(C)C(=O)CCCc1cc(Cl)sc1Cl.Cl. The maximum atomic E-state index is 11.8. The predicted molar refractivity (Wildman–Crippen MR) is 86.1 cm³/mol. The molecule has 0 saturated heterocycles. The molecule has 0 fully saturated rings. The van der Waals surface area contributed by atoms with E-state index < -0.39 is 0 Å². The Morgan fingerprint density at radius 3 is 2.68 bits per heavy atom. The highest BCUT2D eigenvalue weighted by molar-refractivity contribution is 7.20. The number of carbonyl (C=O) groups is 1. The molecule has 1 amide bonds. The molecule has 0 saturated carbocycles. The Bertz CT molecular complexity index is 398. The number of amides is 1. The molecule has 1 aromatic rings. The second kappa shape index (κ2) is 9.83. The van der Waals surface area contributed by atoms with Crippen LogP contribution in [-0.4, -0.2) is 38.0 Å². The van der Waals surface area contributed by atoms with Gasteiger partial charge in [-0.2, -0.15) is 0 Å². The summed E-state index contributed by atoms with van der Waals surface area (Å²) < 4.78 is 1.43. The molecule has 7 heteroatoms. The van der Waals surface area contributed by atoms with E-state index in [-0.39, 0.29) is 18.3 Å². The van der Waals surface area contributed by atoms with Crippen molar-refractivity contribution in [1.29, 1.82) is 0 Å². The molecule has 0 atom stereocenters. The van der Waals surface area contributed by atoms with Crippen LogP contribution in [0, 0.1) is 0 Å². The van der Waals surface area contributed by atoms with E-state index in [1.54, 1.807) is 4.90 Å². The molecule has 1 heterocycles. The molecule has 1 rings (SSSR count). The number of nitrogens with zero attached hydrogens (tertiary/aromatic N) is 1. The highest BCUT2D eigenvalue weighted by atomic mass is 35.5. The third-order valence-electron chi connectivity index (χ3n) is 2.69. The van der Waals surface area contributed by atoms with Crippen LogP contribution in [0.15, 0.2) is 6.07 Å². The predicted octanol–water partition coefficient (Wildman–Crippen LogP) is 3.48. The van der Waals surface area contributed by atoms with Crippen molar-refractivity contribution in [2.45, 2.75) is 19.3 Å². The van der Waals surface area contributed by atoms with Crippen LogP contribution < -0.4 is 5.32 Å². The summed E-state index contributed by atoms with van der Waals surface area (Å²) in [7, 11) is 3.70. The molecule has 1 N–H and O–H groups in total. The maximum Gasteiger partial charge on any atom is 0.222 e. The first kappa shape index (κ1) is 19.0. The Hall–Kier alpha value is -0.000000000000000222. The number of hydrogen-bond donors (Lipinski definition) is 1. The molecule has 0 spiro atoms. The van der Waals surface area contributed by atoms with E-state index in [0.717, 1.165) is 35.8 Å². The zero-order valence-electron chi connectivity index (χ0n) is 11.0. The first-order valence-electron chi connectivity index (χ1n) is 5.87. The van der Waals surface area contributed by atoms with Gasteiger partial charge in [-0.05, 0) is 31.5 Å². The number of halogens is 3. The van der Waals surface area contributed by atoms with Gasteiger partial charge < -0.3 is 10.2 Å². The number of carbonyl (C=O) groups excluding carboxylic acids is 1. The van der Waals surface area contributed by atoms with Crippen molar-refractivity contribution >= 4 is 52.9 Å². The van der Waals surface area contributed by atoms with Gasteiger partial charge in [0.05, 0.1) is 8.67 Å². The average molecular weight is 346 g/mol. The normalized spacial score (nSPS) is 10.1. The number of nitrogens with one attached hydrogen (secondary N) is 1. The van der Waals surface area contributed by atoms with Crippen LogP contribution >= 0.6 is 46.9 Å². The summed E-state index contributed by atoms with van der Waals surface area (Å²) in [4.78, 5) is 13.5. The topological polar surface area (TPSA) is 32.3 Å². The minimum Gasteiger partial charge on any atom is -0.344 e. The molecule has 1 aromatic heterocycles. The fourth-order valence-electron chi connectivity index (χ4n) is 1.57. The van der Waals surface area contributed by atoms with Crippen molar-refractivity contribution in [1.82, 2.24) is 10.2 Å². The molecule has 0 aliphatic carbocycles. The molecule has 0 aliphatic rings. The van der Waals surface area contributed by atoms with E-state index in [1.165, 1.54) is 11.3 Å². The van der Waals surface area contributed by atoms with Crippen molar-refractivity contribution in [2.75, 3.05) is 27.2 Å². The Morgan fingerprint density at radius 1 is 1.47 bits per heavy atom. The zero-order valence-corrected chi connectivity index (χ0v) is 14.2. The number of thiophene rings is 1. The minimum atomic E-state index is 0. The lowest BCUT2D eigenvalue weighted by molar-refractivity contribution is -0.129. The fourth-order valence-corrected chi connectivity index (χ4v) is 3.11. The van der Waals surface area contributed by atoms with Crippen LogP contribution in [0.1, 0.15) is 18.4 Å². The van der Waals surface area contributed by atoms with Gasteiger partial charge in [0.15, 0.2) is 0 Å². The third-order valence-corrected chi connectivity index (χ3v) is 4.26. The second-order valence-electron chi connectivity index (χ2n) is 4.12. The van der Waals surface area contributed by atoms with Crippen molar-refractivity contribution in [2.24, 2.45) is 0 Å². The molecule has 3 nitrogen and oxygen atoms in total. The summed E-state index contributed by atoms with van der Waals surface area (Å²) >= 11 is 13.3. The van der Waals surface area contributed by atoms with Gasteiger partial charge in [-0.1, -0.05) is 23.2 Å². The smallest absolute Gasteiger partial charge is 0.222 e. The minimum absolute atomic E-state index is 0. The summed E-state index contributed by atoms with van der Waals surface area (Å²) in [5.41, 5.74) is 1.04. The van der Waals surface area contributed by atoms with Gasteiger partial charge in [0, 0.05) is 26.6 Å². The van der Waals surface area contributed by atoms with E-state index in [2.05, 4.69) is 5.32 Å². The lowest BCUT2D eigenvalue weighted by Gasteiger charge is -2.16. The van der Waals surface area contributed by atoms with Crippen molar-refractivity contribution in [3.63, 3.8) is 0 Å². The van der Waals surface area contributed by atoms with E-state index in [4.69, 9.17) is 23.2 Å². The maximum absolute atomic E-state index is 11.8. The molecule has 0 aliphatic heterocycles. The highest BCUT2D eigenvalue weighted by Crippen LogP contribution is 2.32. The molecule has 0 unspecified atom stereocenters. The highest BCUT2D eigenvalue weighted by Gasteiger charge is 2.10. The van der Waals surface area contributed by atoms with Crippen molar-refractivity contribution in [3.05, 3.63) is 20.3 Å². The van der Waals surface area contributed by atoms with E-state index in [1.807, 2.05) is 20.2 Å². The molecule has 19 heavy (non-hydrogen) atoms. The number of hydrogen-bond acceptors (Lipinski definition) is 3. The number of aryl methyl sites for hydroxylation is 1. The summed E-state index contributed by atoms with van der Waals surface area (Å²) in [5, 5.41) is 3.02. The van der Waals surface area contributed by atoms with Crippen LogP contribution in [0.4, 0.5) is 0 Å². The van der Waals surface area contributed by atoms with Crippen LogP contribution in [-0.2, 0) is 11.2 Å².